The molecule has 0 bridgehead atoms. The van der Waals surface area contributed by atoms with Gasteiger partial charge in [-0.05, 0) is 37.6 Å². The monoisotopic (exact) mass is 255 g/mol. The molecule has 0 aromatic heterocycles. The maximum atomic E-state index is 13.8. The molecular formula is C14H16F3N. The van der Waals surface area contributed by atoms with Crippen molar-refractivity contribution in [2.24, 2.45) is 17.8 Å². The van der Waals surface area contributed by atoms with Gasteiger partial charge in [0, 0.05) is 23.7 Å². The molecule has 0 radical (unpaired) electrons. The second kappa shape index (κ2) is 4.26. The quantitative estimate of drug-likeness (QED) is 0.872. The van der Waals surface area contributed by atoms with Crippen LogP contribution in [-0.2, 0) is 0 Å². The molecule has 2 aliphatic rings. The predicted octanol–water partition coefficient (Wildman–Crippen LogP) is 3.41. The second-order valence-electron chi connectivity index (χ2n) is 5.39. The molecule has 2 saturated carbocycles. The molecule has 18 heavy (non-hydrogen) atoms. The SMILES string of the molecule is CNC(c1c(F)cc(F)cc1F)C1C2CCCC21. The zero-order chi connectivity index (χ0) is 12.9. The standard InChI is InChI=1S/C14H16F3N/c1-18-14(12-8-3-2-4-9(8)12)13-10(16)5-7(15)6-11(13)17/h5-6,8-9,12,14,18H,2-4H2,1H3. The number of benzene rings is 1. The highest BCUT2D eigenvalue weighted by Crippen LogP contribution is 2.62. The lowest BCUT2D eigenvalue weighted by molar-refractivity contribution is 0.405. The van der Waals surface area contributed by atoms with E-state index in [4.69, 9.17) is 0 Å². The topological polar surface area (TPSA) is 12.0 Å². The number of fused-ring (bicyclic) bond motifs is 1. The minimum absolute atomic E-state index is 0.00157. The maximum absolute atomic E-state index is 13.8. The van der Waals surface area contributed by atoms with E-state index < -0.39 is 17.5 Å². The van der Waals surface area contributed by atoms with Crippen LogP contribution in [0.15, 0.2) is 12.1 Å². The minimum Gasteiger partial charge on any atom is -0.313 e. The van der Waals surface area contributed by atoms with Crippen LogP contribution in [0.5, 0.6) is 0 Å². The Kier molecular flexibility index (Phi) is 2.85. The van der Waals surface area contributed by atoms with E-state index in [2.05, 4.69) is 5.32 Å². The molecule has 4 heteroatoms. The lowest BCUT2D eigenvalue weighted by atomic mass is 9.96. The van der Waals surface area contributed by atoms with Gasteiger partial charge in [0.2, 0.25) is 0 Å². The third-order valence-electron chi connectivity index (χ3n) is 4.52. The fourth-order valence-corrected chi connectivity index (χ4v) is 3.75. The molecule has 2 aliphatic carbocycles. The first-order valence-corrected chi connectivity index (χ1v) is 6.45. The van der Waals surface area contributed by atoms with Crippen LogP contribution < -0.4 is 5.32 Å². The third-order valence-corrected chi connectivity index (χ3v) is 4.52. The molecule has 3 atom stereocenters. The van der Waals surface area contributed by atoms with Crippen LogP contribution in [0.3, 0.4) is 0 Å². The highest BCUT2D eigenvalue weighted by atomic mass is 19.1. The average Bonchev–Trinajstić information content (AvgIpc) is 2.78. The summed E-state index contributed by atoms with van der Waals surface area (Å²) in [6.07, 6.45) is 3.52. The van der Waals surface area contributed by atoms with Crippen molar-refractivity contribution in [3.05, 3.63) is 35.1 Å². The van der Waals surface area contributed by atoms with E-state index >= 15 is 0 Å². The number of hydrogen-bond donors (Lipinski definition) is 1. The molecule has 0 heterocycles. The summed E-state index contributed by atoms with van der Waals surface area (Å²) in [5, 5.41) is 3.01. The fourth-order valence-electron chi connectivity index (χ4n) is 3.75. The van der Waals surface area contributed by atoms with Gasteiger partial charge >= 0.3 is 0 Å². The summed E-state index contributed by atoms with van der Waals surface area (Å²) in [4.78, 5) is 0. The lowest BCUT2D eigenvalue weighted by Crippen LogP contribution is -2.23. The normalized spacial score (nSPS) is 31.2. The van der Waals surface area contributed by atoms with Gasteiger partial charge in [0.1, 0.15) is 17.5 Å². The van der Waals surface area contributed by atoms with Crippen LogP contribution in [-0.4, -0.2) is 7.05 Å². The van der Waals surface area contributed by atoms with E-state index in [1.807, 2.05) is 0 Å². The molecule has 3 rings (SSSR count). The Hall–Kier alpha value is -1.03. The summed E-state index contributed by atoms with van der Waals surface area (Å²) in [5.74, 6) is -0.941. The van der Waals surface area contributed by atoms with Gasteiger partial charge in [-0.1, -0.05) is 6.42 Å². The Bertz CT molecular complexity index is 441. The Morgan fingerprint density at radius 1 is 1.11 bits per heavy atom. The average molecular weight is 255 g/mol. The van der Waals surface area contributed by atoms with Crippen molar-refractivity contribution < 1.29 is 13.2 Å². The van der Waals surface area contributed by atoms with Crippen molar-refractivity contribution in [3.8, 4) is 0 Å². The van der Waals surface area contributed by atoms with E-state index in [9.17, 15) is 13.2 Å². The Labute approximate surface area is 104 Å². The number of rotatable bonds is 3. The van der Waals surface area contributed by atoms with Crippen molar-refractivity contribution in [1.82, 2.24) is 5.32 Å². The molecule has 1 N–H and O–H groups in total. The number of halogens is 3. The molecule has 0 aliphatic heterocycles. The van der Waals surface area contributed by atoms with Crippen molar-refractivity contribution in [2.75, 3.05) is 7.05 Å². The smallest absolute Gasteiger partial charge is 0.133 e. The van der Waals surface area contributed by atoms with Gasteiger partial charge in [0.15, 0.2) is 0 Å². The largest absolute Gasteiger partial charge is 0.313 e. The first-order valence-electron chi connectivity index (χ1n) is 6.45. The van der Waals surface area contributed by atoms with Crippen molar-refractivity contribution in [2.45, 2.75) is 25.3 Å². The van der Waals surface area contributed by atoms with Gasteiger partial charge in [0.05, 0.1) is 0 Å². The summed E-state index contributed by atoms with van der Waals surface area (Å²) in [7, 11) is 1.71. The number of hydrogen-bond acceptors (Lipinski definition) is 1. The first-order chi connectivity index (χ1) is 8.63. The van der Waals surface area contributed by atoms with Crippen LogP contribution in [0, 0.1) is 35.2 Å². The molecule has 1 nitrogen and oxygen atoms in total. The molecule has 2 fully saturated rings. The second-order valence-corrected chi connectivity index (χ2v) is 5.39. The molecular weight excluding hydrogens is 239 g/mol. The summed E-state index contributed by atoms with van der Waals surface area (Å²) in [6.45, 7) is 0. The fraction of sp³-hybridized carbons (Fsp3) is 0.571. The van der Waals surface area contributed by atoms with E-state index in [-0.39, 0.29) is 11.6 Å². The van der Waals surface area contributed by atoms with Crippen LogP contribution in [0.1, 0.15) is 30.9 Å². The van der Waals surface area contributed by atoms with E-state index in [1.54, 1.807) is 7.05 Å². The van der Waals surface area contributed by atoms with Crippen LogP contribution >= 0.6 is 0 Å². The highest BCUT2D eigenvalue weighted by Gasteiger charge is 2.56. The van der Waals surface area contributed by atoms with E-state index in [0.29, 0.717) is 17.8 Å². The van der Waals surface area contributed by atoms with Gasteiger partial charge in [-0.15, -0.1) is 0 Å². The summed E-state index contributed by atoms with van der Waals surface area (Å²) in [6, 6.07) is 1.20. The molecule has 98 valence electrons. The molecule has 3 unspecified atom stereocenters. The van der Waals surface area contributed by atoms with Crippen molar-refractivity contribution >= 4 is 0 Å². The van der Waals surface area contributed by atoms with Gasteiger partial charge in [-0.25, -0.2) is 13.2 Å². The van der Waals surface area contributed by atoms with Crippen molar-refractivity contribution in [3.63, 3.8) is 0 Å². The van der Waals surface area contributed by atoms with Crippen LogP contribution in [0.4, 0.5) is 13.2 Å². The van der Waals surface area contributed by atoms with Gasteiger partial charge < -0.3 is 5.32 Å². The zero-order valence-corrected chi connectivity index (χ0v) is 10.2. The lowest BCUT2D eigenvalue weighted by Gasteiger charge is -2.20. The Morgan fingerprint density at radius 2 is 1.67 bits per heavy atom. The van der Waals surface area contributed by atoms with E-state index in [0.717, 1.165) is 25.0 Å². The van der Waals surface area contributed by atoms with E-state index in [1.165, 1.54) is 6.42 Å². The molecule has 1 aromatic carbocycles. The molecule has 0 spiro atoms. The number of nitrogens with one attached hydrogen (secondary N) is 1. The third kappa shape index (κ3) is 1.74. The van der Waals surface area contributed by atoms with Crippen LogP contribution in [0.25, 0.3) is 0 Å². The molecule has 0 saturated heterocycles. The minimum atomic E-state index is -0.861. The van der Waals surface area contributed by atoms with Crippen molar-refractivity contribution in [1.29, 1.82) is 0 Å². The van der Waals surface area contributed by atoms with Crippen LogP contribution in [0.2, 0.25) is 0 Å². The maximum Gasteiger partial charge on any atom is 0.133 e. The first kappa shape index (κ1) is 12.0. The highest BCUT2D eigenvalue weighted by molar-refractivity contribution is 5.27. The zero-order valence-electron chi connectivity index (χ0n) is 10.2. The van der Waals surface area contributed by atoms with Gasteiger partial charge in [-0.2, -0.15) is 0 Å². The predicted molar refractivity (Wildman–Crippen MR) is 62.4 cm³/mol. The Morgan fingerprint density at radius 3 is 2.17 bits per heavy atom. The summed E-state index contributed by atoms with van der Waals surface area (Å²) >= 11 is 0. The summed E-state index contributed by atoms with van der Waals surface area (Å²) < 4.78 is 40.5. The molecule has 1 aromatic rings. The summed E-state index contributed by atoms with van der Waals surface area (Å²) in [5.41, 5.74) is -0.00157. The van der Waals surface area contributed by atoms with Gasteiger partial charge in [0.25, 0.3) is 0 Å². The Balaban J connectivity index is 1.93. The molecule has 0 amide bonds. The van der Waals surface area contributed by atoms with Gasteiger partial charge in [-0.3, -0.25) is 0 Å².